The van der Waals surface area contributed by atoms with Gasteiger partial charge in [-0.2, -0.15) is 0 Å². The SMILES string of the molecule is CCCCC(=O)Nc1ccc(SCC(=O)Nc2ccc(F)cc2)cc1. The number of carbonyl (C=O) groups excluding carboxylic acids is 2. The highest BCUT2D eigenvalue weighted by Gasteiger charge is 2.05. The van der Waals surface area contributed by atoms with Gasteiger partial charge in [0, 0.05) is 22.7 Å². The van der Waals surface area contributed by atoms with E-state index in [2.05, 4.69) is 10.6 Å². The topological polar surface area (TPSA) is 58.2 Å². The first-order chi connectivity index (χ1) is 12.1. The molecule has 4 nitrogen and oxygen atoms in total. The van der Waals surface area contributed by atoms with Crippen molar-refractivity contribution in [2.24, 2.45) is 0 Å². The molecule has 0 spiro atoms. The van der Waals surface area contributed by atoms with Gasteiger partial charge in [-0.15, -0.1) is 11.8 Å². The number of nitrogens with one attached hydrogen (secondary N) is 2. The number of halogens is 1. The number of anilines is 2. The number of hydrogen-bond donors (Lipinski definition) is 2. The van der Waals surface area contributed by atoms with Gasteiger partial charge in [0.25, 0.3) is 0 Å². The zero-order valence-electron chi connectivity index (χ0n) is 14.0. The van der Waals surface area contributed by atoms with Gasteiger partial charge in [0.05, 0.1) is 5.75 Å². The number of rotatable bonds is 8. The van der Waals surface area contributed by atoms with Crippen LogP contribution in [0.4, 0.5) is 15.8 Å². The van der Waals surface area contributed by atoms with Crippen LogP contribution in [0.15, 0.2) is 53.4 Å². The van der Waals surface area contributed by atoms with E-state index >= 15 is 0 Å². The molecule has 0 aliphatic rings. The monoisotopic (exact) mass is 360 g/mol. The molecule has 2 aromatic rings. The van der Waals surface area contributed by atoms with Gasteiger partial charge in [-0.25, -0.2) is 4.39 Å². The lowest BCUT2D eigenvalue weighted by atomic mass is 10.2. The summed E-state index contributed by atoms with van der Waals surface area (Å²) in [5.41, 5.74) is 1.32. The maximum Gasteiger partial charge on any atom is 0.234 e. The van der Waals surface area contributed by atoms with E-state index in [1.165, 1.54) is 36.0 Å². The Balaban J connectivity index is 1.77. The van der Waals surface area contributed by atoms with Crippen LogP contribution in [0.2, 0.25) is 0 Å². The van der Waals surface area contributed by atoms with E-state index in [-0.39, 0.29) is 23.4 Å². The summed E-state index contributed by atoms with van der Waals surface area (Å²) in [5.74, 6) is -0.233. The second-order valence-corrected chi connectivity index (χ2v) is 6.57. The molecule has 0 heterocycles. The third-order valence-corrected chi connectivity index (χ3v) is 4.41. The Morgan fingerprint density at radius 1 is 0.920 bits per heavy atom. The molecule has 0 unspecified atom stereocenters. The molecule has 0 saturated heterocycles. The molecule has 2 aromatic carbocycles. The molecule has 0 aliphatic heterocycles. The van der Waals surface area contributed by atoms with E-state index in [1.54, 1.807) is 0 Å². The van der Waals surface area contributed by atoms with Gasteiger partial charge < -0.3 is 10.6 Å². The van der Waals surface area contributed by atoms with Gasteiger partial charge in [-0.05, 0) is 55.0 Å². The highest BCUT2D eigenvalue weighted by molar-refractivity contribution is 8.00. The summed E-state index contributed by atoms with van der Waals surface area (Å²) in [7, 11) is 0. The molecule has 2 rings (SSSR count). The Morgan fingerprint density at radius 3 is 2.08 bits per heavy atom. The highest BCUT2D eigenvalue weighted by Crippen LogP contribution is 2.21. The first-order valence-electron chi connectivity index (χ1n) is 8.15. The normalized spacial score (nSPS) is 10.3. The second-order valence-electron chi connectivity index (χ2n) is 5.52. The Kier molecular flexibility index (Phi) is 7.47. The highest BCUT2D eigenvalue weighted by atomic mass is 32.2. The van der Waals surface area contributed by atoms with Crippen LogP contribution in [0, 0.1) is 5.82 Å². The number of carbonyl (C=O) groups is 2. The first-order valence-corrected chi connectivity index (χ1v) is 9.13. The fourth-order valence-corrected chi connectivity index (χ4v) is 2.77. The summed E-state index contributed by atoms with van der Waals surface area (Å²) in [6.45, 7) is 2.05. The lowest BCUT2D eigenvalue weighted by Crippen LogP contribution is -2.13. The Hall–Kier alpha value is -2.34. The third kappa shape index (κ3) is 6.97. The minimum atomic E-state index is -0.339. The van der Waals surface area contributed by atoms with Crippen LogP contribution in [-0.2, 0) is 9.59 Å². The molecule has 0 bridgehead atoms. The summed E-state index contributed by atoms with van der Waals surface area (Å²) in [4.78, 5) is 24.5. The fourth-order valence-electron chi connectivity index (χ4n) is 2.07. The minimum Gasteiger partial charge on any atom is -0.326 e. The first kappa shape index (κ1) is 19.0. The zero-order valence-corrected chi connectivity index (χ0v) is 14.9. The van der Waals surface area contributed by atoms with Crippen LogP contribution in [0.1, 0.15) is 26.2 Å². The van der Waals surface area contributed by atoms with Crippen molar-refractivity contribution in [3.05, 3.63) is 54.3 Å². The Bertz CT molecular complexity index is 702. The second kappa shape index (κ2) is 9.84. The lowest BCUT2D eigenvalue weighted by molar-refractivity contribution is -0.116. The van der Waals surface area contributed by atoms with Crippen molar-refractivity contribution >= 4 is 35.0 Å². The molecular formula is C19H21FN2O2S. The van der Waals surface area contributed by atoms with Crippen molar-refractivity contribution in [1.29, 1.82) is 0 Å². The fraction of sp³-hybridized carbons (Fsp3) is 0.263. The zero-order chi connectivity index (χ0) is 18.1. The molecule has 0 fully saturated rings. The molecule has 2 N–H and O–H groups in total. The Morgan fingerprint density at radius 2 is 1.48 bits per heavy atom. The van der Waals surface area contributed by atoms with Crippen molar-refractivity contribution < 1.29 is 14.0 Å². The molecular weight excluding hydrogens is 339 g/mol. The van der Waals surface area contributed by atoms with Gasteiger partial charge >= 0.3 is 0 Å². The predicted octanol–water partition coefficient (Wildman–Crippen LogP) is 4.69. The maximum atomic E-state index is 12.8. The number of amides is 2. The number of benzene rings is 2. The molecule has 6 heteroatoms. The quantitative estimate of drug-likeness (QED) is 0.672. The number of hydrogen-bond acceptors (Lipinski definition) is 3. The van der Waals surface area contributed by atoms with Crippen molar-refractivity contribution in [1.82, 2.24) is 0 Å². The van der Waals surface area contributed by atoms with Crippen molar-refractivity contribution in [2.45, 2.75) is 31.1 Å². The maximum absolute atomic E-state index is 12.8. The van der Waals surface area contributed by atoms with Crippen molar-refractivity contribution in [2.75, 3.05) is 16.4 Å². The average molecular weight is 360 g/mol. The molecule has 0 aliphatic carbocycles. The van der Waals surface area contributed by atoms with Crippen LogP contribution >= 0.6 is 11.8 Å². The van der Waals surface area contributed by atoms with Crippen LogP contribution in [0.25, 0.3) is 0 Å². The van der Waals surface area contributed by atoms with Crippen molar-refractivity contribution in [3.8, 4) is 0 Å². The minimum absolute atomic E-state index is 0.0147. The molecule has 25 heavy (non-hydrogen) atoms. The van der Waals surface area contributed by atoms with Crippen LogP contribution in [0.5, 0.6) is 0 Å². The van der Waals surface area contributed by atoms with Gasteiger partial charge in [0.2, 0.25) is 11.8 Å². The van der Waals surface area contributed by atoms with E-state index < -0.39 is 0 Å². The van der Waals surface area contributed by atoms with Crippen LogP contribution in [-0.4, -0.2) is 17.6 Å². The molecule has 0 atom stereocenters. The van der Waals surface area contributed by atoms with E-state index in [0.29, 0.717) is 12.1 Å². The van der Waals surface area contributed by atoms with E-state index in [1.807, 2.05) is 31.2 Å². The molecule has 0 saturated carbocycles. The smallest absolute Gasteiger partial charge is 0.234 e. The molecule has 2 amide bonds. The third-order valence-electron chi connectivity index (χ3n) is 3.39. The van der Waals surface area contributed by atoms with Gasteiger partial charge in [-0.3, -0.25) is 9.59 Å². The molecule has 0 radical (unpaired) electrons. The summed E-state index contributed by atoms with van der Waals surface area (Å²) in [6, 6.07) is 13.0. The Labute approximate surface area is 151 Å². The van der Waals surface area contributed by atoms with E-state index in [4.69, 9.17) is 0 Å². The summed E-state index contributed by atoms with van der Waals surface area (Å²) in [6.07, 6.45) is 2.39. The lowest BCUT2D eigenvalue weighted by Gasteiger charge is -2.07. The molecule has 0 aromatic heterocycles. The van der Waals surface area contributed by atoms with Gasteiger partial charge in [0.1, 0.15) is 5.82 Å². The summed E-state index contributed by atoms with van der Waals surface area (Å²) >= 11 is 1.39. The summed E-state index contributed by atoms with van der Waals surface area (Å²) in [5, 5.41) is 5.56. The van der Waals surface area contributed by atoms with Crippen LogP contribution in [0.3, 0.4) is 0 Å². The number of thioether (sulfide) groups is 1. The average Bonchev–Trinajstić information content (AvgIpc) is 2.61. The van der Waals surface area contributed by atoms with Crippen LogP contribution < -0.4 is 10.6 Å². The van der Waals surface area contributed by atoms with Crippen molar-refractivity contribution in [3.63, 3.8) is 0 Å². The van der Waals surface area contributed by atoms with E-state index in [9.17, 15) is 14.0 Å². The standard InChI is InChI=1S/C19H21FN2O2S/c1-2-3-4-18(23)21-16-9-11-17(12-10-16)25-13-19(24)22-15-7-5-14(20)6-8-15/h5-12H,2-4,13H2,1H3,(H,21,23)(H,22,24). The predicted molar refractivity (Wildman–Crippen MR) is 100 cm³/mol. The van der Waals surface area contributed by atoms with Gasteiger partial charge in [-0.1, -0.05) is 13.3 Å². The number of unbranched alkanes of at least 4 members (excludes halogenated alkanes) is 1. The van der Waals surface area contributed by atoms with Gasteiger partial charge in [0.15, 0.2) is 0 Å². The largest absolute Gasteiger partial charge is 0.326 e. The summed E-state index contributed by atoms with van der Waals surface area (Å²) < 4.78 is 12.8. The molecule has 132 valence electrons. The van der Waals surface area contributed by atoms with E-state index in [0.717, 1.165) is 23.4 Å².